The molecule has 2 N–H and O–H groups in total. The molecule has 1 aromatic heterocycles. The maximum atomic E-state index is 12.3. The van der Waals surface area contributed by atoms with Crippen LogP contribution in [0.15, 0.2) is 18.2 Å². The number of nitrogens with two attached hydrogens (primary N) is 1. The van der Waals surface area contributed by atoms with Crippen LogP contribution in [0.4, 0.5) is 5.82 Å². The van der Waals surface area contributed by atoms with E-state index >= 15 is 0 Å². The van der Waals surface area contributed by atoms with E-state index < -0.39 is 0 Å². The lowest BCUT2D eigenvalue weighted by molar-refractivity contribution is 0.0716. The molecule has 100 valence electrons. The summed E-state index contributed by atoms with van der Waals surface area (Å²) in [5.41, 5.74) is 6.06. The summed E-state index contributed by atoms with van der Waals surface area (Å²) >= 11 is 0. The van der Waals surface area contributed by atoms with Gasteiger partial charge in [-0.2, -0.15) is 0 Å². The molecule has 1 aromatic rings. The van der Waals surface area contributed by atoms with E-state index in [0.29, 0.717) is 23.5 Å². The number of halogens is 1. The van der Waals surface area contributed by atoms with E-state index in [0.717, 1.165) is 19.4 Å². The first-order chi connectivity index (χ1) is 8.08. The molecule has 18 heavy (non-hydrogen) atoms. The molecular weight excluding hydrogens is 250 g/mol. The quantitative estimate of drug-likeness (QED) is 0.913. The minimum Gasteiger partial charge on any atom is -0.384 e. The minimum absolute atomic E-state index is 0. The number of hydrogen-bond donors (Lipinski definition) is 1. The Bertz CT molecular complexity index is 418. The van der Waals surface area contributed by atoms with E-state index in [4.69, 9.17) is 5.73 Å². The van der Waals surface area contributed by atoms with Crippen molar-refractivity contribution in [1.82, 2.24) is 9.88 Å². The Morgan fingerprint density at radius 3 is 2.67 bits per heavy atom. The van der Waals surface area contributed by atoms with Crippen LogP contribution in [0, 0.1) is 5.92 Å². The van der Waals surface area contributed by atoms with Crippen molar-refractivity contribution in [2.24, 2.45) is 5.92 Å². The Balaban J connectivity index is 0.00000162. The molecule has 0 atom stereocenters. The summed E-state index contributed by atoms with van der Waals surface area (Å²) in [5.74, 6) is 0.880. The van der Waals surface area contributed by atoms with Crippen LogP contribution >= 0.6 is 12.4 Å². The van der Waals surface area contributed by atoms with Gasteiger partial charge in [0.15, 0.2) is 0 Å². The predicted octanol–water partition coefficient (Wildman–Crippen LogP) is 2.35. The first-order valence-electron chi connectivity index (χ1n) is 6.11. The summed E-state index contributed by atoms with van der Waals surface area (Å²) in [6.45, 7) is 5.03. The molecule has 0 aromatic carbocycles. The van der Waals surface area contributed by atoms with Crippen LogP contribution in [0.5, 0.6) is 0 Å². The second-order valence-electron chi connectivity index (χ2n) is 5.03. The van der Waals surface area contributed by atoms with Gasteiger partial charge in [-0.3, -0.25) is 4.79 Å². The number of nitrogen functional groups attached to an aromatic ring is 1. The minimum atomic E-state index is 0. The number of anilines is 1. The zero-order valence-corrected chi connectivity index (χ0v) is 11.6. The normalized spacial score (nSPS) is 14.2. The Morgan fingerprint density at radius 2 is 2.17 bits per heavy atom. The number of pyridine rings is 1. The van der Waals surface area contributed by atoms with Gasteiger partial charge in [0.05, 0.1) is 0 Å². The zero-order chi connectivity index (χ0) is 12.4. The fourth-order valence-corrected chi connectivity index (χ4v) is 1.90. The molecule has 1 heterocycles. The summed E-state index contributed by atoms with van der Waals surface area (Å²) < 4.78 is 0. The lowest BCUT2D eigenvalue weighted by Gasteiger charge is -2.24. The molecule has 0 saturated heterocycles. The number of hydrogen-bond acceptors (Lipinski definition) is 3. The van der Waals surface area contributed by atoms with Gasteiger partial charge in [0.25, 0.3) is 5.91 Å². The fourth-order valence-electron chi connectivity index (χ4n) is 1.90. The first-order valence-corrected chi connectivity index (χ1v) is 6.11. The average molecular weight is 270 g/mol. The first kappa shape index (κ1) is 14.8. The molecule has 0 spiro atoms. The van der Waals surface area contributed by atoms with Gasteiger partial charge in [-0.15, -0.1) is 12.4 Å². The topological polar surface area (TPSA) is 59.2 Å². The molecule has 0 bridgehead atoms. The second-order valence-corrected chi connectivity index (χ2v) is 5.03. The van der Waals surface area contributed by atoms with E-state index in [1.165, 1.54) is 0 Å². The van der Waals surface area contributed by atoms with Crippen molar-refractivity contribution in [3.8, 4) is 0 Å². The second kappa shape index (κ2) is 6.05. The van der Waals surface area contributed by atoms with Gasteiger partial charge in [0, 0.05) is 12.6 Å². The predicted molar refractivity (Wildman–Crippen MR) is 74.8 cm³/mol. The molecule has 0 unspecified atom stereocenters. The van der Waals surface area contributed by atoms with Crippen LogP contribution in [0.1, 0.15) is 37.2 Å². The highest BCUT2D eigenvalue weighted by Crippen LogP contribution is 2.28. The average Bonchev–Trinajstić information content (AvgIpc) is 3.08. The van der Waals surface area contributed by atoms with Gasteiger partial charge in [0.1, 0.15) is 11.5 Å². The molecule has 1 aliphatic rings. The smallest absolute Gasteiger partial charge is 0.272 e. The van der Waals surface area contributed by atoms with E-state index in [1.807, 2.05) is 4.90 Å². The lowest BCUT2D eigenvalue weighted by atomic mass is 10.2. The van der Waals surface area contributed by atoms with Gasteiger partial charge in [-0.05, 0) is 30.9 Å². The molecule has 1 fully saturated rings. The number of carbonyl (C=O) groups is 1. The van der Waals surface area contributed by atoms with Crippen molar-refractivity contribution in [1.29, 1.82) is 0 Å². The third-order valence-electron chi connectivity index (χ3n) is 2.80. The maximum absolute atomic E-state index is 12.3. The van der Waals surface area contributed by atoms with Gasteiger partial charge in [0.2, 0.25) is 0 Å². The highest BCUT2D eigenvalue weighted by Gasteiger charge is 2.33. The zero-order valence-electron chi connectivity index (χ0n) is 10.8. The number of aromatic nitrogens is 1. The monoisotopic (exact) mass is 269 g/mol. The van der Waals surface area contributed by atoms with Crippen molar-refractivity contribution < 1.29 is 4.79 Å². The van der Waals surface area contributed by atoms with Crippen molar-refractivity contribution in [2.45, 2.75) is 32.7 Å². The number of amides is 1. The van der Waals surface area contributed by atoms with Crippen LogP contribution in [-0.2, 0) is 0 Å². The van der Waals surface area contributed by atoms with Gasteiger partial charge in [-0.25, -0.2) is 4.98 Å². The summed E-state index contributed by atoms with van der Waals surface area (Å²) in [6, 6.07) is 5.61. The molecule has 5 heteroatoms. The highest BCUT2D eigenvalue weighted by molar-refractivity contribution is 5.93. The molecule has 1 aliphatic carbocycles. The molecular formula is C13H20ClN3O. The Morgan fingerprint density at radius 1 is 1.50 bits per heavy atom. The number of carbonyl (C=O) groups excluding carboxylic acids is 1. The van der Waals surface area contributed by atoms with Crippen molar-refractivity contribution in [2.75, 3.05) is 12.3 Å². The molecule has 1 saturated carbocycles. The van der Waals surface area contributed by atoms with Crippen LogP contribution in [0.2, 0.25) is 0 Å². The van der Waals surface area contributed by atoms with Gasteiger partial charge < -0.3 is 10.6 Å². The summed E-state index contributed by atoms with van der Waals surface area (Å²) in [5, 5.41) is 0. The Kier molecular flexibility index (Phi) is 4.96. The summed E-state index contributed by atoms with van der Waals surface area (Å²) in [7, 11) is 0. The van der Waals surface area contributed by atoms with E-state index in [9.17, 15) is 4.79 Å². The molecule has 0 radical (unpaired) electrons. The van der Waals surface area contributed by atoms with Crippen LogP contribution in [0.3, 0.4) is 0 Å². The number of nitrogens with zero attached hydrogens (tertiary/aromatic N) is 2. The molecule has 2 rings (SSSR count). The van der Waals surface area contributed by atoms with Crippen LogP contribution in [-0.4, -0.2) is 28.4 Å². The van der Waals surface area contributed by atoms with E-state index in [2.05, 4.69) is 18.8 Å². The van der Waals surface area contributed by atoms with Gasteiger partial charge >= 0.3 is 0 Å². The highest BCUT2D eigenvalue weighted by atomic mass is 35.5. The van der Waals surface area contributed by atoms with Crippen LogP contribution in [0.25, 0.3) is 0 Å². The van der Waals surface area contributed by atoms with E-state index in [1.54, 1.807) is 18.2 Å². The largest absolute Gasteiger partial charge is 0.384 e. The van der Waals surface area contributed by atoms with Crippen LogP contribution < -0.4 is 5.73 Å². The van der Waals surface area contributed by atoms with E-state index in [-0.39, 0.29) is 18.3 Å². The fraction of sp³-hybridized carbons (Fsp3) is 0.538. The third kappa shape index (κ3) is 3.60. The summed E-state index contributed by atoms with van der Waals surface area (Å²) in [6.07, 6.45) is 2.22. The third-order valence-corrected chi connectivity index (χ3v) is 2.80. The Labute approximate surface area is 114 Å². The summed E-state index contributed by atoms with van der Waals surface area (Å²) in [4.78, 5) is 18.4. The lowest BCUT2D eigenvalue weighted by Crippen LogP contribution is -2.36. The SMILES string of the molecule is CC(C)CN(C(=O)c1cccc(N)n1)C1CC1.Cl. The van der Waals surface area contributed by atoms with Crippen molar-refractivity contribution in [3.63, 3.8) is 0 Å². The van der Waals surface area contributed by atoms with Crippen molar-refractivity contribution in [3.05, 3.63) is 23.9 Å². The van der Waals surface area contributed by atoms with Crippen molar-refractivity contribution >= 4 is 24.1 Å². The maximum Gasteiger partial charge on any atom is 0.272 e. The standard InChI is InChI=1S/C13H19N3O.ClH/c1-9(2)8-16(10-6-7-10)13(17)11-4-3-5-12(14)15-11;/h3-5,9-10H,6-8H2,1-2H3,(H2,14,15);1H. The molecule has 4 nitrogen and oxygen atoms in total. The number of rotatable bonds is 4. The Hall–Kier alpha value is -1.29. The molecule has 1 amide bonds. The molecule has 0 aliphatic heterocycles. The van der Waals surface area contributed by atoms with Gasteiger partial charge in [-0.1, -0.05) is 19.9 Å².